The van der Waals surface area contributed by atoms with Crippen LogP contribution in [0.1, 0.15) is 25.5 Å². The van der Waals surface area contributed by atoms with E-state index in [0.29, 0.717) is 5.56 Å². The molecule has 6 heteroatoms. The summed E-state index contributed by atoms with van der Waals surface area (Å²) in [5, 5.41) is 2.53. The van der Waals surface area contributed by atoms with Gasteiger partial charge in [0.05, 0.1) is 6.04 Å². The van der Waals surface area contributed by atoms with E-state index >= 15 is 0 Å². The quantitative estimate of drug-likeness (QED) is 0.814. The lowest BCUT2D eigenvalue weighted by atomic mass is 10.1. The lowest BCUT2D eigenvalue weighted by molar-refractivity contribution is -0.136. The summed E-state index contributed by atoms with van der Waals surface area (Å²) in [5.74, 6) is -0.774. The summed E-state index contributed by atoms with van der Waals surface area (Å²) in [6, 6.07) is 5.17. The third-order valence-corrected chi connectivity index (χ3v) is 3.51. The first-order valence-electron chi connectivity index (χ1n) is 6.27. The van der Waals surface area contributed by atoms with Gasteiger partial charge in [-0.1, -0.05) is 18.2 Å². The third-order valence-electron chi connectivity index (χ3n) is 3.14. The molecule has 0 heterocycles. The zero-order valence-electron chi connectivity index (χ0n) is 11.8. The van der Waals surface area contributed by atoms with Gasteiger partial charge >= 0.3 is 0 Å². The fourth-order valence-electron chi connectivity index (χ4n) is 1.89. The minimum atomic E-state index is -0.713. The number of amides is 2. The van der Waals surface area contributed by atoms with E-state index in [1.807, 2.05) is 0 Å². The van der Waals surface area contributed by atoms with E-state index < -0.39 is 12.1 Å². The summed E-state index contributed by atoms with van der Waals surface area (Å²) in [4.78, 5) is 24.7. The molecule has 1 N–H and O–H groups in total. The van der Waals surface area contributed by atoms with Crippen molar-refractivity contribution in [3.8, 4) is 0 Å². The molecule has 2 atom stereocenters. The van der Waals surface area contributed by atoms with Gasteiger partial charge in [0.2, 0.25) is 11.8 Å². The van der Waals surface area contributed by atoms with Crippen LogP contribution in [0.5, 0.6) is 0 Å². The van der Waals surface area contributed by atoms with Gasteiger partial charge in [0, 0.05) is 25.3 Å². The van der Waals surface area contributed by atoms with E-state index in [9.17, 15) is 14.0 Å². The predicted octanol–water partition coefficient (Wildman–Crippen LogP) is 1.78. The third kappa shape index (κ3) is 3.96. The molecule has 0 aliphatic rings. The maximum absolute atomic E-state index is 13.7. The second kappa shape index (κ2) is 7.28. The van der Waals surface area contributed by atoms with E-state index in [1.54, 1.807) is 32.2 Å². The minimum Gasteiger partial charge on any atom is -0.344 e. The SMILES string of the molecule is CC(=O)NC(CS)C(=O)N(C)C(C)c1ccccc1F. The molecule has 4 nitrogen and oxygen atoms in total. The molecule has 1 aromatic carbocycles. The average Bonchev–Trinajstić information content (AvgIpc) is 2.42. The number of carbonyl (C=O) groups excluding carboxylic acids is 2. The number of rotatable bonds is 5. The summed E-state index contributed by atoms with van der Waals surface area (Å²) < 4.78 is 13.7. The molecule has 1 rings (SSSR count). The summed E-state index contributed by atoms with van der Waals surface area (Å²) >= 11 is 4.06. The van der Waals surface area contributed by atoms with Gasteiger partial charge in [-0.15, -0.1) is 0 Å². The normalized spacial score (nSPS) is 13.4. The first kappa shape index (κ1) is 16.5. The van der Waals surface area contributed by atoms with Gasteiger partial charge in [-0.3, -0.25) is 9.59 Å². The second-order valence-electron chi connectivity index (χ2n) is 4.58. The lowest BCUT2D eigenvalue weighted by Crippen LogP contribution is -2.48. The Bertz CT molecular complexity index is 496. The maximum Gasteiger partial charge on any atom is 0.246 e. The van der Waals surface area contributed by atoms with E-state index in [1.165, 1.54) is 17.9 Å². The smallest absolute Gasteiger partial charge is 0.246 e. The molecule has 20 heavy (non-hydrogen) atoms. The standard InChI is InChI=1S/C14H19FN2O2S/c1-9(11-6-4-5-7-12(11)15)17(3)14(19)13(8-20)16-10(2)18/h4-7,9,13,20H,8H2,1-3H3,(H,16,18). The highest BCUT2D eigenvalue weighted by Crippen LogP contribution is 2.22. The van der Waals surface area contributed by atoms with Gasteiger partial charge in [-0.2, -0.15) is 12.6 Å². The molecule has 2 unspecified atom stereocenters. The zero-order valence-corrected chi connectivity index (χ0v) is 12.7. The second-order valence-corrected chi connectivity index (χ2v) is 4.95. The van der Waals surface area contributed by atoms with Crippen LogP contribution in [-0.2, 0) is 9.59 Å². The lowest BCUT2D eigenvalue weighted by Gasteiger charge is -2.29. The van der Waals surface area contributed by atoms with Crippen molar-refractivity contribution < 1.29 is 14.0 Å². The highest BCUT2D eigenvalue weighted by molar-refractivity contribution is 7.80. The van der Waals surface area contributed by atoms with Crippen molar-refractivity contribution >= 4 is 24.4 Å². The minimum absolute atomic E-state index is 0.187. The molecule has 0 radical (unpaired) electrons. The van der Waals surface area contributed by atoms with E-state index in [-0.39, 0.29) is 23.4 Å². The number of benzene rings is 1. The summed E-state index contributed by atoms with van der Waals surface area (Å²) in [5.41, 5.74) is 0.434. The molecule has 1 aromatic rings. The van der Waals surface area contributed by atoms with Crippen molar-refractivity contribution in [3.05, 3.63) is 35.6 Å². The molecule has 0 aliphatic heterocycles. The van der Waals surface area contributed by atoms with Crippen LogP contribution in [0, 0.1) is 5.82 Å². The van der Waals surface area contributed by atoms with Crippen LogP contribution in [0.25, 0.3) is 0 Å². The molecular formula is C14H19FN2O2S. The fraction of sp³-hybridized carbons (Fsp3) is 0.429. The number of carbonyl (C=O) groups is 2. The van der Waals surface area contributed by atoms with Gasteiger partial charge in [-0.05, 0) is 13.0 Å². The molecule has 2 amide bonds. The highest BCUT2D eigenvalue weighted by atomic mass is 32.1. The van der Waals surface area contributed by atoms with Gasteiger partial charge in [-0.25, -0.2) is 4.39 Å². The Morgan fingerprint density at radius 3 is 2.50 bits per heavy atom. The molecule has 0 aromatic heterocycles. The number of nitrogens with one attached hydrogen (secondary N) is 1. The van der Waals surface area contributed by atoms with Gasteiger partial charge in [0.15, 0.2) is 0 Å². The molecule has 0 bridgehead atoms. The van der Waals surface area contributed by atoms with Crippen LogP contribution < -0.4 is 5.32 Å². The van der Waals surface area contributed by atoms with Crippen LogP contribution in [-0.4, -0.2) is 35.6 Å². The summed E-state index contributed by atoms with van der Waals surface area (Å²) in [6.45, 7) is 3.07. The highest BCUT2D eigenvalue weighted by Gasteiger charge is 2.26. The van der Waals surface area contributed by atoms with Crippen molar-refractivity contribution in [2.75, 3.05) is 12.8 Å². The van der Waals surface area contributed by atoms with Crippen LogP contribution in [0.4, 0.5) is 4.39 Å². The maximum atomic E-state index is 13.7. The van der Waals surface area contributed by atoms with Crippen molar-refractivity contribution in [1.29, 1.82) is 0 Å². The van der Waals surface area contributed by atoms with Gasteiger partial charge in [0.1, 0.15) is 11.9 Å². The Morgan fingerprint density at radius 1 is 1.40 bits per heavy atom. The van der Waals surface area contributed by atoms with Crippen LogP contribution in [0.3, 0.4) is 0 Å². The Morgan fingerprint density at radius 2 is 2.00 bits per heavy atom. The number of thiol groups is 1. The monoisotopic (exact) mass is 298 g/mol. The molecule has 0 spiro atoms. The largest absolute Gasteiger partial charge is 0.344 e. The Hall–Kier alpha value is -1.56. The molecule has 0 saturated heterocycles. The van der Waals surface area contributed by atoms with Crippen LogP contribution in [0.2, 0.25) is 0 Å². The molecular weight excluding hydrogens is 279 g/mol. The van der Waals surface area contributed by atoms with Crippen molar-refractivity contribution in [2.45, 2.75) is 25.9 Å². The molecule has 110 valence electrons. The van der Waals surface area contributed by atoms with E-state index in [4.69, 9.17) is 0 Å². The van der Waals surface area contributed by atoms with Crippen LogP contribution in [0.15, 0.2) is 24.3 Å². The van der Waals surface area contributed by atoms with E-state index in [0.717, 1.165) is 0 Å². The number of likely N-dealkylation sites (N-methyl/N-ethyl adjacent to an activating group) is 1. The summed E-state index contributed by atoms with van der Waals surface area (Å²) in [7, 11) is 1.58. The fourth-order valence-corrected chi connectivity index (χ4v) is 2.14. The number of halogens is 1. The van der Waals surface area contributed by atoms with Crippen molar-refractivity contribution in [2.24, 2.45) is 0 Å². The predicted molar refractivity (Wildman–Crippen MR) is 79.0 cm³/mol. The molecule has 0 fully saturated rings. The van der Waals surface area contributed by atoms with Gasteiger partial charge < -0.3 is 10.2 Å². The Labute approximate surface area is 123 Å². The number of hydrogen-bond acceptors (Lipinski definition) is 3. The first-order valence-corrected chi connectivity index (χ1v) is 6.90. The topological polar surface area (TPSA) is 49.4 Å². The van der Waals surface area contributed by atoms with Crippen molar-refractivity contribution in [1.82, 2.24) is 10.2 Å². The molecule has 0 saturated carbocycles. The van der Waals surface area contributed by atoms with Crippen LogP contribution >= 0.6 is 12.6 Å². The number of nitrogens with zero attached hydrogens (tertiary/aromatic N) is 1. The number of hydrogen-bond donors (Lipinski definition) is 2. The van der Waals surface area contributed by atoms with E-state index in [2.05, 4.69) is 17.9 Å². The Balaban J connectivity index is 2.87. The zero-order chi connectivity index (χ0) is 15.3. The molecule has 0 aliphatic carbocycles. The van der Waals surface area contributed by atoms with Gasteiger partial charge in [0.25, 0.3) is 0 Å². The summed E-state index contributed by atoms with van der Waals surface area (Å²) in [6.07, 6.45) is 0. The first-order chi connectivity index (χ1) is 9.38. The van der Waals surface area contributed by atoms with Crippen molar-refractivity contribution in [3.63, 3.8) is 0 Å². The Kier molecular flexibility index (Phi) is 6.01. The average molecular weight is 298 g/mol.